The highest BCUT2D eigenvalue weighted by molar-refractivity contribution is 7.15. The van der Waals surface area contributed by atoms with Gasteiger partial charge in [0.15, 0.2) is 5.13 Å². The molecule has 5 nitrogen and oxygen atoms in total. The lowest BCUT2D eigenvalue weighted by molar-refractivity contribution is -0.117. The van der Waals surface area contributed by atoms with E-state index >= 15 is 0 Å². The van der Waals surface area contributed by atoms with Crippen LogP contribution in [0.25, 0.3) is 0 Å². The van der Waals surface area contributed by atoms with Gasteiger partial charge < -0.3 is 11.1 Å². The van der Waals surface area contributed by atoms with Crippen molar-refractivity contribution in [2.45, 2.75) is 32.9 Å². The number of nitrogens with zero attached hydrogens (tertiary/aromatic N) is 2. The second kappa shape index (κ2) is 8.01. The van der Waals surface area contributed by atoms with E-state index in [2.05, 4.69) is 22.1 Å². The van der Waals surface area contributed by atoms with Gasteiger partial charge in [-0.05, 0) is 13.5 Å². The predicted octanol–water partition coefficient (Wildman–Crippen LogP) is 1.65. The summed E-state index contributed by atoms with van der Waals surface area (Å²) in [6.07, 6.45) is 0.966. The van der Waals surface area contributed by atoms with Crippen LogP contribution in [0.15, 0.2) is 0 Å². The molecule has 110 valence electrons. The molecule has 2 rings (SSSR count). The van der Waals surface area contributed by atoms with Crippen molar-refractivity contribution in [3.05, 3.63) is 10.6 Å². The largest absolute Gasteiger partial charge is 0.320 e. The number of nitrogens with one attached hydrogen (secondary N) is 1. The van der Waals surface area contributed by atoms with Crippen molar-refractivity contribution in [3.63, 3.8) is 0 Å². The maximum absolute atomic E-state index is 11.5. The molecule has 1 aliphatic rings. The summed E-state index contributed by atoms with van der Waals surface area (Å²) in [6, 6.07) is -0.497. The average molecular weight is 327 g/mol. The lowest BCUT2D eigenvalue weighted by Crippen LogP contribution is -2.32. The summed E-state index contributed by atoms with van der Waals surface area (Å²) >= 11 is 1.56. The van der Waals surface area contributed by atoms with Gasteiger partial charge in [-0.2, -0.15) is 0 Å². The van der Waals surface area contributed by atoms with E-state index < -0.39 is 6.04 Å². The number of hydrogen-bond acceptors (Lipinski definition) is 5. The molecule has 3 N–H and O–H groups in total. The molecule has 1 aromatic heterocycles. The van der Waals surface area contributed by atoms with Crippen molar-refractivity contribution in [2.24, 2.45) is 5.73 Å². The summed E-state index contributed by atoms with van der Waals surface area (Å²) in [6.45, 7) is 6.87. The van der Waals surface area contributed by atoms with E-state index in [1.807, 2.05) is 0 Å². The number of hydrogen-bond donors (Lipinski definition) is 2. The van der Waals surface area contributed by atoms with Crippen LogP contribution in [0.4, 0.5) is 5.13 Å². The van der Waals surface area contributed by atoms with Crippen molar-refractivity contribution in [2.75, 3.05) is 18.4 Å². The Morgan fingerprint density at radius 1 is 1.58 bits per heavy atom. The van der Waals surface area contributed by atoms with Gasteiger partial charge in [-0.25, -0.2) is 4.98 Å². The molecule has 1 aromatic rings. The Hall–Kier alpha value is -0.400. The number of nitrogens with two attached hydrogens (primary N) is 1. The van der Waals surface area contributed by atoms with Crippen molar-refractivity contribution in [1.82, 2.24) is 9.88 Å². The molecule has 8 heteroatoms. The average Bonchev–Trinajstić information content (AvgIpc) is 2.69. The topological polar surface area (TPSA) is 71.2 Å². The summed E-state index contributed by atoms with van der Waals surface area (Å²) in [4.78, 5) is 19.5. The molecule has 0 aliphatic carbocycles. The first-order valence-electron chi connectivity index (χ1n) is 5.87. The monoisotopic (exact) mass is 326 g/mol. The highest BCUT2D eigenvalue weighted by atomic mass is 35.5. The first-order chi connectivity index (χ1) is 8.10. The number of halogens is 2. The van der Waals surface area contributed by atoms with Gasteiger partial charge in [0.25, 0.3) is 0 Å². The predicted molar refractivity (Wildman–Crippen MR) is 83.5 cm³/mol. The van der Waals surface area contributed by atoms with Crippen LogP contribution in [0.2, 0.25) is 0 Å². The lowest BCUT2D eigenvalue weighted by atomic mass is 10.2. The SMILES string of the molecule is CCN1CCc2nc(NC(=O)[C@H](C)N)sc2C1.Cl.Cl. The minimum Gasteiger partial charge on any atom is -0.320 e. The highest BCUT2D eigenvalue weighted by Crippen LogP contribution is 2.28. The zero-order chi connectivity index (χ0) is 12.4. The smallest absolute Gasteiger partial charge is 0.242 e. The van der Waals surface area contributed by atoms with Crippen LogP contribution in [0.3, 0.4) is 0 Å². The number of likely N-dealkylation sites (N-methyl/N-ethyl adjacent to an activating group) is 1. The molecule has 19 heavy (non-hydrogen) atoms. The maximum atomic E-state index is 11.5. The van der Waals surface area contributed by atoms with Crippen molar-refractivity contribution in [3.8, 4) is 0 Å². The van der Waals surface area contributed by atoms with E-state index in [-0.39, 0.29) is 30.7 Å². The number of rotatable bonds is 3. The third-order valence-electron chi connectivity index (χ3n) is 2.90. The summed E-state index contributed by atoms with van der Waals surface area (Å²) in [5, 5.41) is 3.43. The van der Waals surface area contributed by atoms with Gasteiger partial charge >= 0.3 is 0 Å². The number of aromatic nitrogens is 1. The highest BCUT2D eigenvalue weighted by Gasteiger charge is 2.20. The van der Waals surface area contributed by atoms with Crippen LogP contribution in [0.5, 0.6) is 0 Å². The lowest BCUT2D eigenvalue weighted by Gasteiger charge is -2.23. The molecule has 2 heterocycles. The van der Waals surface area contributed by atoms with Gasteiger partial charge in [-0.15, -0.1) is 36.2 Å². The van der Waals surface area contributed by atoms with E-state index in [0.717, 1.165) is 31.7 Å². The van der Waals surface area contributed by atoms with E-state index in [1.165, 1.54) is 4.88 Å². The number of anilines is 1. The summed E-state index contributed by atoms with van der Waals surface area (Å²) in [5.74, 6) is -0.177. The fourth-order valence-electron chi connectivity index (χ4n) is 1.79. The molecule has 0 spiro atoms. The van der Waals surface area contributed by atoms with Crippen LogP contribution >= 0.6 is 36.2 Å². The van der Waals surface area contributed by atoms with E-state index in [4.69, 9.17) is 5.73 Å². The fourth-order valence-corrected chi connectivity index (χ4v) is 2.84. The molecule has 1 aliphatic heterocycles. The Morgan fingerprint density at radius 2 is 2.26 bits per heavy atom. The van der Waals surface area contributed by atoms with E-state index in [0.29, 0.717) is 5.13 Å². The molecule has 0 saturated carbocycles. The van der Waals surface area contributed by atoms with Crippen LogP contribution in [0.1, 0.15) is 24.4 Å². The molecule has 1 atom stereocenters. The van der Waals surface area contributed by atoms with Gasteiger partial charge in [-0.3, -0.25) is 9.69 Å². The minimum atomic E-state index is -0.497. The number of carbonyl (C=O) groups is 1. The van der Waals surface area contributed by atoms with Crippen LogP contribution < -0.4 is 11.1 Å². The molecule has 0 saturated heterocycles. The second-order valence-corrected chi connectivity index (χ2v) is 5.37. The first-order valence-corrected chi connectivity index (χ1v) is 6.69. The Kier molecular flexibility index (Phi) is 7.85. The summed E-state index contributed by atoms with van der Waals surface area (Å²) in [7, 11) is 0. The fraction of sp³-hybridized carbons (Fsp3) is 0.636. The minimum absolute atomic E-state index is 0. The normalized spacial score (nSPS) is 15.7. The quantitative estimate of drug-likeness (QED) is 0.886. The summed E-state index contributed by atoms with van der Waals surface area (Å²) in [5.41, 5.74) is 6.63. The standard InChI is InChI=1S/C11H18N4OS.2ClH/c1-3-15-5-4-8-9(6-15)17-11(13-8)14-10(16)7(2)12;;/h7H,3-6,12H2,1-2H3,(H,13,14,16);2*1H/t7-;;/m0../s1. The van der Waals surface area contributed by atoms with Gasteiger partial charge in [0.05, 0.1) is 11.7 Å². The van der Waals surface area contributed by atoms with Crippen LogP contribution in [-0.4, -0.2) is 34.9 Å². The molecule has 0 radical (unpaired) electrons. The zero-order valence-electron chi connectivity index (χ0n) is 11.0. The van der Waals surface area contributed by atoms with Crippen molar-refractivity contribution in [1.29, 1.82) is 0 Å². The molecule has 0 fully saturated rings. The van der Waals surface area contributed by atoms with E-state index in [1.54, 1.807) is 18.3 Å². The molecule has 0 bridgehead atoms. The van der Waals surface area contributed by atoms with Gasteiger partial charge in [0, 0.05) is 24.4 Å². The van der Waals surface area contributed by atoms with Gasteiger partial charge in [0.1, 0.15) is 0 Å². The molecule has 0 aromatic carbocycles. The third-order valence-corrected chi connectivity index (χ3v) is 3.90. The van der Waals surface area contributed by atoms with Crippen LogP contribution in [-0.2, 0) is 17.8 Å². The number of thiazole rings is 1. The first kappa shape index (κ1) is 18.6. The Bertz CT molecular complexity index is 425. The molecule has 0 unspecified atom stereocenters. The number of carbonyl (C=O) groups excluding carboxylic acids is 1. The Labute approximate surface area is 129 Å². The summed E-state index contributed by atoms with van der Waals surface area (Å²) < 4.78 is 0. The van der Waals surface area contributed by atoms with Crippen LogP contribution in [0, 0.1) is 0 Å². The zero-order valence-corrected chi connectivity index (χ0v) is 13.5. The molecular weight excluding hydrogens is 307 g/mol. The van der Waals surface area contributed by atoms with Crippen molar-refractivity contribution < 1.29 is 4.79 Å². The Morgan fingerprint density at radius 3 is 2.84 bits per heavy atom. The van der Waals surface area contributed by atoms with Crippen molar-refractivity contribution >= 4 is 47.2 Å². The maximum Gasteiger partial charge on any atom is 0.242 e. The number of amides is 1. The van der Waals surface area contributed by atoms with Gasteiger partial charge in [0.2, 0.25) is 5.91 Å². The molecular formula is C11H20Cl2N4OS. The van der Waals surface area contributed by atoms with E-state index in [9.17, 15) is 4.79 Å². The van der Waals surface area contributed by atoms with Gasteiger partial charge in [-0.1, -0.05) is 6.92 Å². The number of fused-ring (bicyclic) bond motifs is 1. The second-order valence-electron chi connectivity index (χ2n) is 4.29. The third kappa shape index (κ3) is 4.57. The molecule has 1 amide bonds. The Balaban J connectivity index is 0.00000162.